The Morgan fingerprint density at radius 2 is 2.43 bits per heavy atom. The van der Waals surface area contributed by atoms with Gasteiger partial charge in [0.15, 0.2) is 0 Å². The third kappa shape index (κ3) is 3.27. The average molecular weight is 201 g/mol. The number of carboxylic acids is 1. The Labute approximate surface area is 84.8 Å². The van der Waals surface area contributed by atoms with Crippen molar-refractivity contribution in [3.63, 3.8) is 0 Å². The molecule has 1 N–H and O–H groups in total. The molecule has 1 saturated heterocycles. The van der Waals surface area contributed by atoms with Crippen molar-refractivity contribution in [1.82, 2.24) is 4.90 Å². The molecule has 4 nitrogen and oxygen atoms in total. The lowest BCUT2D eigenvalue weighted by Gasteiger charge is -2.23. The van der Waals surface area contributed by atoms with Crippen LogP contribution >= 0.6 is 0 Å². The number of rotatable bonds is 5. The van der Waals surface area contributed by atoms with Crippen molar-refractivity contribution < 1.29 is 14.6 Å². The summed E-state index contributed by atoms with van der Waals surface area (Å²) in [6.07, 6.45) is 1.30. The smallest absolute Gasteiger partial charge is 0.303 e. The number of carboxylic acid groups (broad SMARTS) is 1. The van der Waals surface area contributed by atoms with Gasteiger partial charge in [-0.2, -0.15) is 0 Å². The molecule has 1 rings (SSSR count). The highest BCUT2D eigenvalue weighted by Crippen LogP contribution is 2.21. The maximum Gasteiger partial charge on any atom is 0.303 e. The second kappa shape index (κ2) is 5.32. The summed E-state index contributed by atoms with van der Waals surface area (Å²) in [4.78, 5) is 12.8. The van der Waals surface area contributed by atoms with Crippen LogP contribution in [-0.4, -0.2) is 48.8 Å². The highest BCUT2D eigenvalue weighted by Gasteiger charge is 2.27. The molecule has 0 amide bonds. The summed E-state index contributed by atoms with van der Waals surface area (Å²) in [5, 5.41) is 8.66. The fraction of sp³-hybridized carbons (Fsp3) is 0.900. The molecule has 0 radical (unpaired) electrons. The van der Waals surface area contributed by atoms with Crippen LogP contribution in [0.1, 0.15) is 19.8 Å². The SMILES string of the molecule is COCC(C)N1CCC(CC(=O)O)C1. The Balaban J connectivity index is 2.29. The van der Waals surface area contributed by atoms with Gasteiger partial charge in [-0.05, 0) is 25.8 Å². The summed E-state index contributed by atoms with van der Waals surface area (Å²) in [7, 11) is 1.70. The standard InChI is InChI=1S/C10H19NO3/c1-8(7-14-2)11-4-3-9(6-11)5-10(12)13/h8-9H,3-7H2,1-2H3,(H,12,13). The van der Waals surface area contributed by atoms with Crippen molar-refractivity contribution in [3.05, 3.63) is 0 Å². The molecule has 14 heavy (non-hydrogen) atoms. The van der Waals surface area contributed by atoms with Crippen LogP contribution in [0.5, 0.6) is 0 Å². The van der Waals surface area contributed by atoms with Crippen LogP contribution in [0, 0.1) is 5.92 Å². The van der Waals surface area contributed by atoms with Gasteiger partial charge in [0.2, 0.25) is 0 Å². The molecular weight excluding hydrogens is 182 g/mol. The predicted molar refractivity (Wildman–Crippen MR) is 53.3 cm³/mol. The molecule has 2 atom stereocenters. The van der Waals surface area contributed by atoms with Gasteiger partial charge in [-0.15, -0.1) is 0 Å². The quantitative estimate of drug-likeness (QED) is 0.715. The molecule has 1 fully saturated rings. The van der Waals surface area contributed by atoms with E-state index in [1.165, 1.54) is 0 Å². The summed E-state index contributed by atoms with van der Waals surface area (Å²) in [5.74, 6) is -0.358. The van der Waals surface area contributed by atoms with Gasteiger partial charge in [0, 0.05) is 26.1 Å². The van der Waals surface area contributed by atoms with Crippen LogP contribution in [-0.2, 0) is 9.53 Å². The second-order valence-electron chi connectivity index (χ2n) is 4.05. The molecule has 0 aliphatic carbocycles. The largest absolute Gasteiger partial charge is 0.481 e. The van der Waals surface area contributed by atoms with Crippen LogP contribution in [0.3, 0.4) is 0 Å². The normalized spacial score (nSPS) is 25.1. The molecule has 2 unspecified atom stereocenters. The summed E-state index contributed by atoms with van der Waals surface area (Å²) >= 11 is 0. The lowest BCUT2D eigenvalue weighted by atomic mass is 10.1. The first kappa shape index (κ1) is 11.5. The number of hydrogen-bond donors (Lipinski definition) is 1. The van der Waals surface area contributed by atoms with E-state index >= 15 is 0 Å². The number of ether oxygens (including phenoxy) is 1. The molecule has 0 spiro atoms. The van der Waals surface area contributed by atoms with E-state index in [-0.39, 0.29) is 0 Å². The van der Waals surface area contributed by atoms with Gasteiger partial charge in [0.1, 0.15) is 0 Å². The molecule has 1 heterocycles. The van der Waals surface area contributed by atoms with Crippen molar-refractivity contribution in [1.29, 1.82) is 0 Å². The van der Waals surface area contributed by atoms with Gasteiger partial charge >= 0.3 is 5.97 Å². The van der Waals surface area contributed by atoms with E-state index in [0.29, 0.717) is 18.4 Å². The van der Waals surface area contributed by atoms with Crippen molar-refractivity contribution in [2.24, 2.45) is 5.92 Å². The first-order valence-corrected chi connectivity index (χ1v) is 5.08. The van der Waals surface area contributed by atoms with Crippen LogP contribution in [0.15, 0.2) is 0 Å². The van der Waals surface area contributed by atoms with E-state index in [0.717, 1.165) is 26.1 Å². The van der Waals surface area contributed by atoms with Crippen molar-refractivity contribution in [3.8, 4) is 0 Å². The monoisotopic (exact) mass is 201 g/mol. The van der Waals surface area contributed by atoms with E-state index < -0.39 is 5.97 Å². The number of aliphatic carboxylic acids is 1. The average Bonchev–Trinajstić information content (AvgIpc) is 2.52. The number of methoxy groups -OCH3 is 1. The molecule has 0 aromatic rings. The van der Waals surface area contributed by atoms with E-state index in [1.54, 1.807) is 7.11 Å². The molecule has 0 saturated carbocycles. The highest BCUT2D eigenvalue weighted by atomic mass is 16.5. The van der Waals surface area contributed by atoms with E-state index in [4.69, 9.17) is 9.84 Å². The third-order valence-corrected chi connectivity index (χ3v) is 2.81. The van der Waals surface area contributed by atoms with Crippen molar-refractivity contribution in [2.45, 2.75) is 25.8 Å². The van der Waals surface area contributed by atoms with E-state index in [1.807, 2.05) is 0 Å². The topological polar surface area (TPSA) is 49.8 Å². The van der Waals surface area contributed by atoms with Gasteiger partial charge < -0.3 is 9.84 Å². The molecule has 1 aliphatic heterocycles. The number of likely N-dealkylation sites (tertiary alicyclic amines) is 1. The molecule has 82 valence electrons. The number of carbonyl (C=O) groups is 1. The summed E-state index contributed by atoms with van der Waals surface area (Å²) in [6.45, 7) is 4.74. The minimum Gasteiger partial charge on any atom is -0.481 e. The second-order valence-corrected chi connectivity index (χ2v) is 4.05. The number of nitrogens with zero attached hydrogens (tertiary/aromatic N) is 1. The Morgan fingerprint density at radius 3 is 3.00 bits per heavy atom. The minimum atomic E-state index is -0.684. The Kier molecular flexibility index (Phi) is 4.35. The Hall–Kier alpha value is -0.610. The van der Waals surface area contributed by atoms with Gasteiger partial charge in [-0.25, -0.2) is 0 Å². The van der Waals surface area contributed by atoms with E-state index in [9.17, 15) is 4.79 Å². The minimum absolute atomic E-state index is 0.302. The van der Waals surface area contributed by atoms with Crippen molar-refractivity contribution >= 4 is 5.97 Å². The summed E-state index contributed by atoms with van der Waals surface area (Å²) in [5.41, 5.74) is 0. The fourth-order valence-electron chi connectivity index (χ4n) is 2.02. The lowest BCUT2D eigenvalue weighted by molar-refractivity contribution is -0.138. The van der Waals surface area contributed by atoms with Crippen LogP contribution in [0.25, 0.3) is 0 Å². The van der Waals surface area contributed by atoms with Crippen LogP contribution in [0.4, 0.5) is 0 Å². The molecular formula is C10H19NO3. The molecule has 4 heteroatoms. The molecule has 0 bridgehead atoms. The zero-order valence-corrected chi connectivity index (χ0v) is 8.90. The molecule has 0 aromatic carbocycles. The fourth-order valence-corrected chi connectivity index (χ4v) is 2.02. The molecule has 1 aliphatic rings. The van der Waals surface area contributed by atoms with E-state index in [2.05, 4.69) is 11.8 Å². The Morgan fingerprint density at radius 1 is 1.71 bits per heavy atom. The first-order valence-electron chi connectivity index (χ1n) is 5.08. The Bertz CT molecular complexity index is 196. The van der Waals surface area contributed by atoms with Gasteiger partial charge in [0.25, 0.3) is 0 Å². The van der Waals surface area contributed by atoms with Gasteiger partial charge in [-0.3, -0.25) is 9.69 Å². The van der Waals surface area contributed by atoms with Crippen molar-refractivity contribution in [2.75, 3.05) is 26.8 Å². The predicted octanol–water partition coefficient (Wildman–Crippen LogP) is 0.818. The zero-order valence-electron chi connectivity index (χ0n) is 8.90. The molecule has 0 aromatic heterocycles. The zero-order chi connectivity index (χ0) is 10.6. The maximum atomic E-state index is 10.5. The summed E-state index contributed by atoms with van der Waals surface area (Å²) < 4.78 is 5.07. The van der Waals surface area contributed by atoms with Crippen LogP contribution in [0.2, 0.25) is 0 Å². The van der Waals surface area contributed by atoms with Gasteiger partial charge in [0.05, 0.1) is 6.61 Å². The van der Waals surface area contributed by atoms with Gasteiger partial charge in [-0.1, -0.05) is 0 Å². The maximum absolute atomic E-state index is 10.5. The summed E-state index contributed by atoms with van der Waals surface area (Å²) in [6, 6.07) is 0.402. The highest BCUT2D eigenvalue weighted by molar-refractivity contribution is 5.67. The first-order chi connectivity index (χ1) is 6.63. The van der Waals surface area contributed by atoms with Crippen LogP contribution < -0.4 is 0 Å². The number of hydrogen-bond acceptors (Lipinski definition) is 3. The lowest BCUT2D eigenvalue weighted by Crippen LogP contribution is -2.34. The third-order valence-electron chi connectivity index (χ3n) is 2.81.